The van der Waals surface area contributed by atoms with E-state index in [0.717, 1.165) is 16.6 Å². The summed E-state index contributed by atoms with van der Waals surface area (Å²) >= 11 is 0. The van der Waals surface area contributed by atoms with Crippen LogP contribution in [0.1, 0.15) is 11.1 Å². The van der Waals surface area contributed by atoms with Crippen LogP contribution in [0.4, 0.5) is 0 Å². The fraction of sp³-hybridized carbons (Fsp3) is 0.136. The monoisotopic (exact) mass is 370 g/mol. The van der Waals surface area contributed by atoms with Crippen molar-refractivity contribution in [3.05, 3.63) is 84.3 Å². The second-order valence-electron chi connectivity index (χ2n) is 7.28. The molecule has 4 aromatic rings. The second kappa shape index (κ2) is 6.58. The Hall–Kier alpha value is -3.51. The SMILES string of the molecule is NC1(Cc2ccc3[nH]ccc3c2)C=CNC(=NCc2ccc3cc[nH]c3c2)N1. The van der Waals surface area contributed by atoms with Crippen molar-refractivity contribution in [2.75, 3.05) is 0 Å². The summed E-state index contributed by atoms with van der Waals surface area (Å²) in [5, 5.41) is 8.88. The van der Waals surface area contributed by atoms with Crippen LogP contribution in [0.15, 0.2) is 78.2 Å². The Balaban J connectivity index is 1.32. The smallest absolute Gasteiger partial charge is 0.197 e. The third-order valence-corrected chi connectivity index (χ3v) is 5.11. The molecule has 1 aliphatic heterocycles. The van der Waals surface area contributed by atoms with Crippen molar-refractivity contribution in [1.29, 1.82) is 0 Å². The minimum absolute atomic E-state index is 0.573. The highest BCUT2D eigenvalue weighted by Gasteiger charge is 2.26. The van der Waals surface area contributed by atoms with Gasteiger partial charge in [0.1, 0.15) is 5.66 Å². The Bertz CT molecular complexity index is 1200. The quantitative estimate of drug-likeness (QED) is 0.382. The largest absolute Gasteiger partial charge is 0.361 e. The fourth-order valence-electron chi connectivity index (χ4n) is 3.67. The van der Waals surface area contributed by atoms with E-state index >= 15 is 0 Å². The maximum absolute atomic E-state index is 6.60. The van der Waals surface area contributed by atoms with E-state index in [2.05, 4.69) is 74.1 Å². The van der Waals surface area contributed by atoms with Gasteiger partial charge in [0.25, 0.3) is 0 Å². The van der Waals surface area contributed by atoms with Gasteiger partial charge in [0.15, 0.2) is 5.96 Å². The highest BCUT2D eigenvalue weighted by molar-refractivity contribution is 5.84. The van der Waals surface area contributed by atoms with Gasteiger partial charge in [-0.25, -0.2) is 4.99 Å². The third-order valence-electron chi connectivity index (χ3n) is 5.11. The van der Waals surface area contributed by atoms with Crippen molar-refractivity contribution >= 4 is 27.8 Å². The molecule has 0 spiro atoms. The summed E-state index contributed by atoms with van der Waals surface area (Å²) in [5.74, 6) is 0.680. The molecule has 0 fully saturated rings. The summed E-state index contributed by atoms with van der Waals surface area (Å²) in [6, 6.07) is 16.8. The van der Waals surface area contributed by atoms with Crippen molar-refractivity contribution in [1.82, 2.24) is 20.6 Å². The summed E-state index contributed by atoms with van der Waals surface area (Å²) in [6.07, 6.45) is 8.37. The molecule has 6 nitrogen and oxygen atoms in total. The molecule has 3 heterocycles. The molecule has 1 atom stereocenters. The van der Waals surface area contributed by atoms with Crippen LogP contribution in [-0.4, -0.2) is 21.6 Å². The maximum atomic E-state index is 6.60. The zero-order valence-corrected chi connectivity index (χ0v) is 15.4. The number of hydrogen-bond donors (Lipinski definition) is 5. The first-order chi connectivity index (χ1) is 13.7. The number of H-pyrrole nitrogens is 2. The first-order valence-corrected chi connectivity index (χ1v) is 9.35. The number of guanidine groups is 1. The standard InChI is InChI=1S/C22H22N6/c23-22(13-15-2-4-19-18(11-15)6-9-24-19)7-10-26-21(28-22)27-14-16-1-3-17-5-8-25-20(17)12-16/h1-12,24-25H,13-14,23H2,(H2,26,27,28). The zero-order chi connectivity index (χ0) is 19.0. The Morgan fingerprint density at radius 1 is 0.857 bits per heavy atom. The van der Waals surface area contributed by atoms with Crippen LogP contribution in [0.25, 0.3) is 21.8 Å². The number of rotatable bonds is 4. The van der Waals surface area contributed by atoms with E-state index in [4.69, 9.17) is 5.73 Å². The van der Waals surface area contributed by atoms with Gasteiger partial charge in [-0.1, -0.05) is 18.2 Å². The van der Waals surface area contributed by atoms with E-state index in [0.29, 0.717) is 18.9 Å². The Kier molecular flexibility index (Phi) is 3.91. The third kappa shape index (κ3) is 3.25. The fourth-order valence-corrected chi connectivity index (χ4v) is 3.67. The van der Waals surface area contributed by atoms with Crippen LogP contribution in [0.3, 0.4) is 0 Å². The molecule has 5 rings (SSSR count). The molecule has 0 aliphatic carbocycles. The lowest BCUT2D eigenvalue weighted by Gasteiger charge is -2.32. The molecule has 6 heteroatoms. The molecule has 0 radical (unpaired) electrons. The molecule has 0 saturated carbocycles. The number of aromatic amines is 2. The van der Waals surface area contributed by atoms with Gasteiger partial charge in [-0.3, -0.25) is 0 Å². The van der Waals surface area contributed by atoms with Gasteiger partial charge in [0.2, 0.25) is 0 Å². The van der Waals surface area contributed by atoms with Crippen molar-refractivity contribution in [3.63, 3.8) is 0 Å². The summed E-state index contributed by atoms with van der Waals surface area (Å²) in [5.41, 5.74) is 10.5. The van der Waals surface area contributed by atoms with E-state index < -0.39 is 5.66 Å². The van der Waals surface area contributed by atoms with Crippen LogP contribution in [-0.2, 0) is 13.0 Å². The number of aliphatic imine (C=N–C) groups is 1. The van der Waals surface area contributed by atoms with Crippen LogP contribution in [0, 0.1) is 0 Å². The number of nitrogens with zero attached hydrogens (tertiary/aromatic N) is 1. The number of nitrogens with one attached hydrogen (secondary N) is 4. The lowest BCUT2D eigenvalue weighted by Crippen LogP contribution is -2.61. The topological polar surface area (TPSA) is 94.0 Å². The van der Waals surface area contributed by atoms with Gasteiger partial charge in [-0.2, -0.15) is 0 Å². The molecular weight excluding hydrogens is 348 g/mol. The predicted octanol–water partition coefficient (Wildman–Crippen LogP) is 3.11. The number of hydrogen-bond acceptors (Lipinski definition) is 2. The maximum Gasteiger partial charge on any atom is 0.197 e. The van der Waals surface area contributed by atoms with Crippen molar-refractivity contribution < 1.29 is 0 Å². The lowest BCUT2D eigenvalue weighted by molar-refractivity contribution is 0.472. The lowest BCUT2D eigenvalue weighted by atomic mass is 9.98. The predicted molar refractivity (Wildman–Crippen MR) is 114 cm³/mol. The molecule has 1 aliphatic rings. The first kappa shape index (κ1) is 16.6. The average molecular weight is 370 g/mol. The highest BCUT2D eigenvalue weighted by atomic mass is 15.3. The molecule has 0 amide bonds. The van der Waals surface area contributed by atoms with Crippen molar-refractivity contribution in [3.8, 4) is 0 Å². The number of nitrogens with two attached hydrogens (primary N) is 1. The first-order valence-electron chi connectivity index (χ1n) is 9.35. The molecular formula is C22H22N6. The van der Waals surface area contributed by atoms with E-state index in [1.165, 1.54) is 16.3 Å². The summed E-state index contributed by atoms with van der Waals surface area (Å²) in [6.45, 7) is 0.573. The van der Waals surface area contributed by atoms with E-state index in [-0.39, 0.29) is 0 Å². The van der Waals surface area contributed by atoms with Crippen molar-refractivity contribution in [2.24, 2.45) is 10.7 Å². The van der Waals surface area contributed by atoms with Gasteiger partial charge < -0.3 is 26.3 Å². The molecule has 0 bridgehead atoms. The number of fused-ring (bicyclic) bond motifs is 2. The van der Waals surface area contributed by atoms with Gasteiger partial charge in [-0.05, 0) is 58.3 Å². The van der Waals surface area contributed by atoms with Crippen LogP contribution in [0.2, 0.25) is 0 Å². The average Bonchev–Trinajstić information content (AvgIpc) is 3.34. The van der Waals surface area contributed by atoms with Crippen molar-refractivity contribution in [2.45, 2.75) is 18.6 Å². The summed E-state index contributed by atoms with van der Waals surface area (Å²) in [7, 11) is 0. The molecule has 2 aromatic carbocycles. The highest BCUT2D eigenvalue weighted by Crippen LogP contribution is 2.19. The molecule has 1 unspecified atom stereocenters. The zero-order valence-electron chi connectivity index (χ0n) is 15.4. The van der Waals surface area contributed by atoms with E-state index in [1.54, 1.807) is 0 Å². The van der Waals surface area contributed by atoms with E-state index in [1.807, 2.05) is 24.7 Å². The van der Waals surface area contributed by atoms with Crippen LogP contribution >= 0.6 is 0 Å². The Labute approximate surface area is 162 Å². The minimum Gasteiger partial charge on any atom is -0.361 e. The second-order valence-corrected chi connectivity index (χ2v) is 7.28. The van der Waals surface area contributed by atoms with Crippen LogP contribution in [0.5, 0.6) is 0 Å². The van der Waals surface area contributed by atoms with Gasteiger partial charge >= 0.3 is 0 Å². The summed E-state index contributed by atoms with van der Waals surface area (Å²) < 4.78 is 0. The van der Waals surface area contributed by atoms with Gasteiger partial charge in [0.05, 0.1) is 6.54 Å². The molecule has 0 saturated heterocycles. The molecule has 140 valence electrons. The molecule has 2 aromatic heterocycles. The van der Waals surface area contributed by atoms with Gasteiger partial charge in [0, 0.05) is 36.0 Å². The van der Waals surface area contributed by atoms with E-state index in [9.17, 15) is 0 Å². The number of aromatic nitrogens is 2. The normalized spacial score (nSPS) is 20.5. The Morgan fingerprint density at radius 3 is 2.61 bits per heavy atom. The minimum atomic E-state index is -0.683. The Morgan fingerprint density at radius 2 is 1.68 bits per heavy atom. The number of benzene rings is 2. The van der Waals surface area contributed by atoms with Gasteiger partial charge in [-0.15, -0.1) is 0 Å². The molecule has 6 N–H and O–H groups in total. The summed E-state index contributed by atoms with van der Waals surface area (Å²) in [4.78, 5) is 11.1. The van der Waals surface area contributed by atoms with Crippen LogP contribution < -0.4 is 16.4 Å². The molecule has 28 heavy (non-hydrogen) atoms.